The molecule has 25 heavy (non-hydrogen) atoms. The molecule has 0 bridgehead atoms. The van der Waals surface area contributed by atoms with E-state index in [-0.39, 0.29) is 11.8 Å². The lowest BCUT2D eigenvalue weighted by atomic mass is 10.1. The van der Waals surface area contributed by atoms with E-state index in [1.165, 1.54) is 12.0 Å². The maximum atomic E-state index is 12.5. The Balaban J connectivity index is 2.21. The largest absolute Gasteiger partial charge is 0.493 e. The van der Waals surface area contributed by atoms with Gasteiger partial charge in [0, 0.05) is 30.9 Å². The third-order valence-electron chi connectivity index (χ3n) is 3.77. The number of anilines is 1. The van der Waals surface area contributed by atoms with Crippen LogP contribution in [0.5, 0.6) is 11.5 Å². The van der Waals surface area contributed by atoms with Crippen LogP contribution in [0.25, 0.3) is 0 Å². The molecule has 0 saturated carbocycles. The number of ether oxygens (including phenoxy) is 2. The molecule has 0 radical (unpaired) electrons. The number of benzene rings is 2. The summed E-state index contributed by atoms with van der Waals surface area (Å²) in [5, 5.41) is 2.82. The number of amides is 2. The molecule has 0 aliphatic heterocycles. The third kappa shape index (κ3) is 4.09. The molecule has 2 aromatic carbocycles. The molecule has 2 rings (SSSR count). The van der Waals surface area contributed by atoms with Crippen LogP contribution in [0.4, 0.5) is 5.69 Å². The van der Waals surface area contributed by atoms with E-state index in [0.717, 1.165) is 5.56 Å². The van der Waals surface area contributed by atoms with E-state index in [9.17, 15) is 9.59 Å². The highest BCUT2D eigenvalue weighted by Crippen LogP contribution is 2.30. The van der Waals surface area contributed by atoms with E-state index in [1.807, 2.05) is 6.92 Å². The second-order valence-corrected chi connectivity index (χ2v) is 5.75. The number of hydrogen-bond acceptors (Lipinski definition) is 4. The Bertz CT molecular complexity index is 783. The predicted octanol–water partition coefficient (Wildman–Crippen LogP) is 2.97. The molecule has 6 heteroatoms. The molecule has 0 aliphatic rings. The van der Waals surface area contributed by atoms with Crippen LogP contribution < -0.4 is 14.8 Å². The number of rotatable bonds is 5. The second kappa shape index (κ2) is 7.70. The zero-order valence-corrected chi connectivity index (χ0v) is 15.0. The molecular formula is C19H22N2O4. The molecule has 0 unspecified atom stereocenters. The van der Waals surface area contributed by atoms with Gasteiger partial charge < -0.3 is 19.7 Å². The number of aryl methyl sites for hydroxylation is 1. The first-order chi connectivity index (χ1) is 11.9. The van der Waals surface area contributed by atoms with E-state index in [2.05, 4.69) is 5.32 Å². The fourth-order valence-electron chi connectivity index (χ4n) is 2.38. The topological polar surface area (TPSA) is 67.9 Å². The van der Waals surface area contributed by atoms with E-state index in [0.29, 0.717) is 28.3 Å². The molecule has 0 fully saturated rings. The maximum Gasteiger partial charge on any atom is 0.256 e. The average Bonchev–Trinajstić information content (AvgIpc) is 2.61. The van der Waals surface area contributed by atoms with Gasteiger partial charge in [-0.2, -0.15) is 0 Å². The van der Waals surface area contributed by atoms with Crippen molar-refractivity contribution in [2.45, 2.75) is 6.92 Å². The molecule has 2 amide bonds. The summed E-state index contributed by atoms with van der Waals surface area (Å²) in [5.41, 5.74) is 2.43. The van der Waals surface area contributed by atoms with Crippen molar-refractivity contribution in [3.8, 4) is 11.5 Å². The quantitative estimate of drug-likeness (QED) is 0.907. The van der Waals surface area contributed by atoms with Crippen molar-refractivity contribution in [1.82, 2.24) is 4.90 Å². The van der Waals surface area contributed by atoms with Gasteiger partial charge in [0.2, 0.25) is 0 Å². The number of nitrogens with one attached hydrogen (secondary N) is 1. The first-order valence-electron chi connectivity index (χ1n) is 7.73. The van der Waals surface area contributed by atoms with Gasteiger partial charge in [0.25, 0.3) is 11.8 Å². The number of hydrogen-bond donors (Lipinski definition) is 1. The molecule has 132 valence electrons. The Morgan fingerprint density at radius 2 is 1.52 bits per heavy atom. The van der Waals surface area contributed by atoms with Crippen LogP contribution in [0.3, 0.4) is 0 Å². The monoisotopic (exact) mass is 342 g/mol. The highest BCUT2D eigenvalue weighted by molar-refractivity contribution is 6.06. The number of nitrogens with zero attached hydrogens (tertiary/aromatic N) is 1. The fourth-order valence-corrected chi connectivity index (χ4v) is 2.38. The molecule has 0 atom stereocenters. The molecular weight excluding hydrogens is 320 g/mol. The summed E-state index contributed by atoms with van der Waals surface area (Å²) < 4.78 is 10.5. The lowest BCUT2D eigenvalue weighted by Crippen LogP contribution is -2.21. The SMILES string of the molecule is COc1cc(C)c(C(=O)Nc2ccc(C(=O)N(C)C)cc2)cc1OC. The summed E-state index contributed by atoms with van der Waals surface area (Å²) in [4.78, 5) is 25.9. The summed E-state index contributed by atoms with van der Waals surface area (Å²) in [6, 6.07) is 10.2. The zero-order valence-electron chi connectivity index (χ0n) is 15.0. The van der Waals surface area contributed by atoms with E-state index in [4.69, 9.17) is 9.47 Å². The fraction of sp³-hybridized carbons (Fsp3) is 0.263. The first kappa shape index (κ1) is 18.3. The summed E-state index contributed by atoms with van der Waals surface area (Å²) in [6.07, 6.45) is 0. The predicted molar refractivity (Wildman–Crippen MR) is 96.7 cm³/mol. The molecule has 0 spiro atoms. The Morgan fingerprint density at radius 3 is 2.04 bits per heavy atom. The van der Waals surface area contributed by atoms with Gasteiger partial charge in [-0.05, 0) is 48.9 Å². The summed E-state index contributed by atoms with van der Waals surface area (Å²) >= 11 is 0. The molecule has 2 aromatic rings. The Labute approximate surface area is 147 Å². The third-order valence-corrected chi connectivity index (χ3v) is 3.77. The Morgan fingerprint density at radius 1 is 0.960 bits per heavy atom. The molecule has 0 heterocycles. The van der Waals surface area contributed by atoms with Crippen molar-refractivity contribution in [3.63, 3.8) is 0 Å². The van der Waals surface area contributed by atoms with Crippen molar-refractivity contribution in [1.29, 1.82) is 0 Å². The molecule has 6 nitrogen and oxygen atoms in total. The van der Waals surface area contributed by atoms with Gasteiger partial charge in [-0.1, -0.05) is 0 Å². The van der Waals surface area contributed by atoms with Gasteiger partial charge in [-0.25, -0.2) is 0 Å². The van der Waals surface area contributed by atoms with Gasteiger partial charge in [0.1, 0.15) is 0 Å². The molecule has 0 aliphatic carbocycles. The van der Waals surface area contributed by atoms with Crippen LogP contribution in [-0.4, -0.2) is 45.0 Å². The van der Waals surface area contributed by atoms with Crippen molar-refractivity contribution < 1.29 is 19.1 Å². The van der Waals surface area contributed by atoms with Crippen LogP contribution in [0.1, 0.15) is 26.3 Å². The van der Waals surface area contributed by atoms with Crippen molar-refractivity contribution >= 4 is 17.5 Å². The van der Waals surface area contributed by atoms with Crippen molar-refractivity contribution in [3.05, 3.63) is 53.1 Å². The maximum absolute atomic E-state index is 12.5. The highest BCUT2D eigenvalue weighted by atomic mass is 16.5. The number of carbonyl (C=O) groups excluding carboxylic acids is 2. The van der Waals surface area contributed by atoms with Gasteiger partial charge in [0.15, 0.2) is 11.5 Å². The van der Waals surface area contributed by atoms with Crippen molar-refractivity contribution in [2.24, 2.45) is 0 Å². The van der Waals surface area contributed by atoms with Gasteiger partial charge in [-0.3, -0.25) is 9.59 Å². The highest BCUT2D eigenvalue weighted by Gasteiger charge is 2.15. The summed E-state index contributed by atoms with van der Waals surface area (Å²) in [7, 11) is 6.46. The van der Waals surface area contributed by atoms with Crippen LogP contribution in [-0.2, 0) is 0 Å². The summed E-state index contributed by atoms with van der Waals surface area (Å²) in [5.74, 6) is 0.715. The van der Waals surface area contributed by atoms with Crippen LogP contribution in [0, 0.1) is 6.92 Å². The normalized spacial score (nSPS) is 10.1. The lowest BCUT2D eigenvalue weighted by Gasteiger charge is -2.13. The van der Waals surface area contributed by atoms with Crippen LogP contribution >= 0.6 is 0 Å². The smallest absolute Gasteiger partial charge is 0.256 e. The standard InChI is InChI=1S/C19H22N2O4/c1-12-10-16(24-4)17(25-5)11-15(12)18(22)20-14-8-6-13(7-9-14)19(23)21(2)3/h6-11H,1-5H3,(H,20,22). The summed E-state index contributed by atoms with van der Waals surface area (Å²) in [6.45, 7) is 1.83. The molecule has 0 aromatic heterocycles. The minimum Gasteiger partial charge on any atom is -0.493 e. The van der Waals surface area contributed by atoms with Crippen molar-refractivity contribution in [2.75, 3.05) is 33.6 Å². The van der Waals surface area contributed by atoms with E-state index < -0.39 is 0 Å². The van der Waals surface area contributed by atoms with E-state index >= 15 is 0 Å². The average molecular weight is 342 g/mol. The number of methoxy groups -OCH3 is 2. The Hall–Kier alpha value is -3.02. The minimum atomic E-state index is -0.259. The zero-order chi connectivity index (χ0) is 18.6. The van der Waals surface area contributed by atoms with Gasteiger partial charge in [0.05, 0.1) is 14.2 Å². The molecule has 1 N–H and O–H groups in total. The van der Waals surface area contributed by atoms with E-state index in [1.54, 1.807) is 57.6 Å². The Kier molecular flexibility index (Phi) is 5.64. The van der Waals surface area contributed by atoms with Crippen LogP contribution in [0.15, 0.2) is 36.4 Å². The lowest BCUT2D eigenvalue weighted by molar-refractivity contribution is 0.0827. The van der Waals surface area contributed by atoms with Crippen LogP contribution in [0.2, 0.25) is 0 Å². The first-order valence-corrected chi connectivity index (χ1v) is 7.73. The molecule has 0 saturated heterocycles. The van der Waals surface area contributed by atoms with Gasteiger partial charge >= 0.3 is 0 Å². The second-order valence-electron chi connectivity index (χ2n) is 5.75. The minimum absolute atomic E-state index is 0.0892. The number of carbonyl (C=O) groups is 2. The van der Waals surface area contributed by atoms with Gasteiger partial charge in [-0.15, -0.1) is 0 Å².